The molecule has 2 aromatic heterocycles. The highest BCUT2D eigenvalue weighted by atomic mass is 16.2. The van der Waals surface area contributed by atoms with Gasteiger partial charge in [-0.2, -0.15) is 0 Å². The van der Waals surface area contributed by atoms with Crippen LogP contribution in [0.5, 0.6) is 0 Å². The van der Waals surface area contributed by atoms with E-state index in [0.29, 0.717) is 6.29 Å². The van der Waals surface area contributed by atoms with Crippen molar-refractivity contribution >= 4 is 17.5 Å². The largest absolute Gasteiger partial charge is 0.332 e. The van der Waals surface area contributed by atoms with Crippen LogP contribution in [0.1, 0.15) is 10.5 Å². The van der Waals surface area contributed by atoms with E-state index in [1.54, 1.807) is 0 Å². The molecule has 0 aromatic carbocycles. The van der Waals surface area contributed by atoms with Crippen LogP contribution in [0.3, 0.4) is 0 Å². The molecule has 0 atom stereocenters. The first-order chi connectivity index (χ1) is 7.56. The van der Waals surface area contributed by atoms with Crippen LogP contribution in [0.2, 0.25) is 0 Å². The van der Waals surface area contributed by atoms with Crippen LogP contribution in [0.15, 0.2) is 15.8 Å². The van der Waals surface area contributed by atoms with Crippen molar-refractivity contribution in [2.24, 2.45) is 14.1 Å². The molecule has 0 unspecified atom stereocenters. The van der Waals surface area contributed by atoms with Crippen molar-refractivity contribution < 1.29 is 4.79 Å². The molecule has 0 bridgehead atoms. The summed E-state index contributed by atoms with van der Waals surface area (Å²) in [6.07, 6.45) is 1.70. The summed E-state index contributed by atoms with van der Waals surface area (Å²) in [7, 11) is 2.83. The molecule has 0 amide bonds. The normalized spacial score (nSPS) is 10.6. The lowest BCUT2D eigenvalue weighted by atomic mass is 10.4. The summed E-state index contributed by atoms with van der Waals surface area (Å²) in [4.78, 5) is 41.5. The number of carbonyl (C=O) groups is 1. The molecule has 0 saturated heterocycles. The molecular weight excluding hydrogens is 212 g/mol. The maximum Gasteiger partial charge on any atom is 0.332 e. The molecule has 16 heavy (non-hydrogen) atoms. The standard InChI is InChI=1S/C9H8N4O3/c1-12-7-6(8(15)13(2)9(12)16)10-3-5(4-14)11-7/h3-4H,1-2H3. The van der Waals surface area contributed by atoms with Crippen molar-refractivity contribution in [1.29, 1.82) is 0 Å². The van der Waals surface area contributed by atoms with E-state index in [4.69, 9.17) is 0 Å². The third kappa shape index (κ3) is 1.25. The third-order valence-corrected chi connectivity index (χ3v) is 2.29. The van der Waals surface area contributed by atoms with Crippen molar-refractivity contribution in [2.45, 2.75) is 0 Å². The molecule has 0 radical (unpaired) electrons. The summed E-state index contributed by atoms with van der Waals surface area (Å²) in [5, 5.41) is 0. The van der Waals surface area contributed by atoms with Gasteiger partial charge in [-0.05, 0) is 0 Å². The molecule has 0 spiro atoms. The molecule has 0 N–H and O–H groups in total. The van der Waals surface area contributed by atoms with Gasteiger partial charge < -0.3 is 0 Å². The monoisotopic (exact) mass is 220 g/mol. The number of nitrogens with zero attached hydrogens (tertiary/aromatic N) is 4. The number of rotatable bonds is 1. The van der Waals surface area contributed by atoms with Gasteiger partial charge in [-0.25, -0.2) is 14.8 Å². The SMILES string of the molecule is Cn1c(=O)c2ncc(C=O)nc2n(C)c1=O. The van der Waals surface area contributed by atoms with Crippen molar-refractivity contribution in [3.05, 3.63) is 32.7 Å². The lowest BCUT2D eigenvalue weighted by Crippen LogP contribution is -2.37. The third-order valence-electron chi connectivity index (χ3n) is 2.29. The zero-order valence-corrected chi connectivity index (χ0v) is 8.67. The van der Waals surface area contributed by atoms with E-state index in [-0.39, 0.29) is 16.9 Å². The number of aryl methyl sites for hydroxylation is 1. The number of aldehydes is 1. The van der Waals surface area contributed by atoms with Crippen LogP contribution in [0.4, 0.5) is 0 Å². The van der Waals surface area contributed by atoms with Gasteiger partial charge in [-0.3, -0.25) is 18.7 Å². The van der Waals surface area contributed by atoms with Gasteiger partial charge in [-0.15, -0.1) is 0 Å². The van der Waals surface area contributed by atoms with E-state index < -0.39 is 11.2 Å². The first-order valence-electron chi connectivity index (χ1n) is 4.44. The van der Waals surface area contributed by atoms with Crippen LogP contribution < -0.4 is 11.2 Å². The van der Waals surface area contributed by atoms with Gasteiger partial charge in [0.05, 0.1) is 6.20 Å². The van der Waals surface area contributed by atoms with Gasteiger partial charge in [0, 0.05) is 14.1 Å². The lowest BCUT2D eigenvalue weighted by Gasteiger charge is -2.05. The fourth-order valence-corrected chi connectivity index (χ4v) is 1.40. The second-order valence-electron chi connectivity index (χ2n) is 3.29. The van der Waals surface area contributed by atoms with Crippen LogP contribution >= 0.6 is 0 Å². The Hall–Kier alpha value is -2.31. The highest BCUT2D eigenvalue weighted by molar-refractivity contribution is 5.76. The minimum absolute atomic E-state index is 0.0650. The molecule has 2 aromatic rings. The zero-order valence-electron chi connectivity index (χ0n) is 8.67. The summed E-state index contributed by atoms with van der Waals surface area (Å²) in [5.74, 6) is 0. The molecule has 0 aliphatic heterocycles. The second-order valence-corrected chi connectivity index (χ2v) is 3.29. The summed E-state index contributed by atoms with van der Waals surface area (Å²) in [6, 6.07) is 0. The smallest absolute Gasteiger partial charge is 0.296 e. The average Bonchev–Trinajstić information content (AvgIpc) is 2.33. The van der Waals surface area contributed by atoms with Crippen LogP contribution in [-0.4, -0.2) is 25.4 Å². The molecule has 7 nitrogen and oxygen atoms in total. The predicted molar refractivity (Wildman–Crippen MR) is 55.4 cm³/mol. The quantitative estimate of drug-likeness (QED) is 0.566. The van der Waals surface area contributed by atoms with Gasteiger partial charge >= 0.3 is 5.69 Å². The molecule has 0 aliphatic rings. The van der Waals surface area contributed by atoms with Gasteiger partial charge in [0.15, 0.2) is 17.5 Å². The van der Waals surface area contributed by atoms with E-state index in [1.807, 2.05) is 0 Å². The molecule has 0 aliphatic carbocycles. The maximum absolute atomic E-state index is 11.7. The Bertz CT molecular complexity index is 698. The number of fused-ring (bicyclic) bond motifs is 1. The second kappa shape index (κ2) is 3.37. The van der Waals surface area contributed by atoms with E-state index in [0.717, 1.165) is 4.57 Å². The van der Waals surface area contributed by atoms with Crippen molar-refractivity contribution in [3.8, 4) is 0 Å². The Morgan fingerprint density at radius 2 is 1.94 bits per heavy atom. The summed E-state index contributed by atoms with van der Waals surface area (Å²) in [5.41, 5.74) is -0.776. The van der Waals surface area contributed by atoms with Gasteiger partial charge in [-0.1, -0.05) is 0 Å². The van der Waals surface area contributed by atoms with Crippen molar-refractivity contribution in [1.82, 2.24) is 19.1 Å². The Morgan fingerprint density at radius 3 is 2.56 bits per heavy atom. The fraction of sp³-hybridized carbons (Fsp3) is 0.222. The number of carbonyl (C=O) groups excluding carboxylic acids is 1. The highest BCUT2D eigenvalue weighted by Crippen LogP contribution is 2.00. The lowest BCUT2D eigenvalue weighted by molar-refractivity contribution is 0.111. The minimum atomic E-state index is -0.525. The topological polar surface area (TPSA) is 86.8 Å². The summed E-state index contributed by atoms with van der Waals surface area (Å²) < 4.78 is 2.12. The minimum Gasteiger partial charge on any atom is -0.296 e. The zero-order chi connectivity index (χ0) is 11.9. The molecule has 82 valence electrons. The average molecular weight is 220 g/mol. The Kier molecular flexibility index (Phi) is 2.15. The molecule has 7 heteroatoms. The predicted octanol–water partition coefficient (Wildman–Crippen LogP) is -1.16. The Morgan fingerprint density at radius 1 is 1.25 bits per heavy atom. The van der Waals surface area contributed by atoms with Crippen molar-refractivity contribution in [3.63, 3.8) is 0 Å². The number of hydrogen-bond acceptors (Lipinski definition) is 5. The highest BCUT2D eigenvalue weighted by Gasteiger charge is 2.10. The molecule has 0 saturated carbocycles. The Balaban J connectivity index is 3.09. The Labute approximate surface area is 89.0 Å². The molecule has 2 rings (SSSR count). The fourth-order valence-electron chi connectivity index (χ4n) is 1.40. The van der Waals surface area contributed by atoms with Crippen LogP contribution in [-0.2, 0) is 14.1 Å². The van der Waals surface area contributed by atoms with Crippen LogP contribution in [0.25, 0.3) is 11.2 Å². The number of hydrogen-bond donors (Lipinski definition) is 0. The summed E-state index contributed by atoms with van der Waals surface area (Å²) >= 11 is 0. The number of aromatic nitrogens is 4. The van der Waals surface area contributed by atoms with Crippen molar-refractivity contribution in [2.75, 3.05) is 0 Å². The van der Waals surface area contributed by atoms with Gasteiger partial charge in [0.25, 0.3) is 5.56 Å². The molecule has 0 fully saturated rings. The molecular formula is C9H8N4O3. The first kappa shape index (κ1) is 10.2. The molecule has 2 heterocycles. The maximum atomic E-state index is 11.7. The van der Waals surface area contributed by atoms with E-state index in [1.165, 1.54) is 24.9 Å². The van der Waals surface area contributed by atoms with E-state index >= 15 is 0 Å². The van der Waals surface area contributed by atoms with E-state index in [2.05, 4.69) is 9.97 Å². The van der Waals surface area contributed by atoms with Crippen LogP contribution in [0, 0.1) is 0 Å². The van der Waals surface area contributed by atoms with Gasteiger partial charge in [0.1, 0.15) is 5.69 Å². The van der Waals surface area contributed by atoms with Gasteiger partial charge in [0.2, 0.25) is 0 Å². The van der Waals surface area contributed by atoms with E-state index in [9.17, 15) is 14.4 Å². The summed E-state index contributed by atoms with van der Waals surface area (Å²) in [6.45, 7) is 0. The first-order valence-corrected chi connectivity index (χ1v) is 4.44.